The van der Waals surface area contributed by atoms with E-state index in [-0.39, 0.29) is 18.5 Å². The summed E-state index contributed by atoms with van der Waals surface area (Å²) in [4.78, 5) is 26.3. The third kappa shape index (κ3) is 5.47. The topological polar surface area (TPSA) is 109 Å². The van der Waals surface area contributed by atoms with E-state index in [4.69, 9.17) is 5.26 Å². The van der Waals surface area contributed by atoms with Gasteiger partial charge in [0.1, 0.15) is 12.6 Å². The zero-order chi connectivity index (χ0) is 20.6. The van der Waals surface area contributed by atoms with Crippen molar-refractivity contribution >= 4 is 11.9 Å². The average Bonchev–Trinajstić information content (AvgIpc) is 2.72. The van der Waals surface area contributed by atoms with Gasteiger partial charge in [0.2, 0.25) is 5.91 Å². The third-order valence-electron chi connectivity index (χ3n) is 5.03. The number of nitrogens with one attached hydrogen (secondary N) is 2. The van der Waals surface area contributed by atoms with Crippen LogP contribution in [0.2, 0.25) is 0 Å². The standard InChI is InChI=1S/C21H27N5O2/c1-3-4-18(19(27)24-12-11-22)25-20(28)26-13-7-17(8-14-26)16-5-9-21(2,15-23)10-6-16/h5-7,9,18H,3-4,8,10,12-14H2,1-2H3,(H,24,27)(H,25,28). The van der Waals surface area contributed by atoms with Crippen molar-refractivity contribution in [3.8, 4) is 12.1 Å². The van der Waals surface area contributed by atoms with Crippen molar-refractivity contribution in [3.63, 3.8) is 0 Å². The lowest BCUT2D eigenvalue weighted by Crippen LogP contribution is -2.52. The second-order valence-corrected chi connectivity index (χ2v) is 7.32. The van der Waals surface area contributed by atoms with Gasteiger partial charge >= 0.3 is 6.03 Å². The fourth-order valence-corrected chi connectivity index (χ4v) is 3.22. The molecular formula is C21H27N5O2. The molecule has 0 saturated heterocycles. The molecule has 3 amide bonds. The Morgan fingerprint density at radius 2 is 2.14 bits per heavy atom. The first-order chi connectivity index (χ1) is 13.4. The maximum absolute atomic E-state index is 12.5. The summed E-state index contributed by atoms with van der Waals surface area (Å²) in [5.41, 5.74) is 1.86. The molecule has 148 valence electrons. The van der Waals surface area contributed by atoms with Gasteiger partial charge in [-0.25, -0.2) is 4.79 Å². The Balaban J connectivity index is 1.93. The number of hydrogen-bond donors (Lipinski definition) is 2. The predicted molar refractivity (Wildman–Crippen MR) is 106 cm³/mol. The largest absolute Gasteiger partial charge is 0.341 e. The molecule has 0 aromatic rings. The fraction of sp³-hybridized carbons (Fsp3) is 0.524. The van der Waals surface area contributed by atoms with Crippen LogP contribution in [0.15, 0.2) is 35.5 Å². The van der Waals surface area contributed by atoms with Gasteiger partial charge in [0.15, 0.2) is 0 Å². The number of carbonyl (C=O) groups excluding carboxylic acids is 2. The molecule has 1 aliphatic carbocycles. The Labute approximate surface area is 166 Å². The second kappa shape index (κ2) is 9.75. The molecule has 0 bridgehead atoms. The summed E-state index contributed by atoms with van der Waals surface area (Å²) in [6, 6.07) is 3.27. The van der Waals surface area contributed by atoms with E-state index in [0.29, 0.717) is 25.9 Å². The molecular weight excluding hydrogens is 354 g/mol. The Hall–Kier alpha value is -3.06. The maximum atomic E-state index is 12.5. The van der Waals surface area contributed by atoms with Crippen molar-refractivity contribution in [2.75, 3.05) is 19.6 Å². The summed E-state index contributed by atoms with van der Waals surface area (Å²) in [5, 5.41) is 23.1. The van der Waals surface area contributed by atoms with Crippen molar-refractivity contribution in [1.29, 1.82) is 10.5 Å². The molecule has 28 heavy (non-hydrogen) atoms. The van der Waals surface area contributed by atoms with Crippen molar-refractivity contribution in [2.24, 2.45) is 5.41 Å². The number of amides is 3. The predicted octanol–water partition coefficient (Wildman–Crippen LogP) is 2.55. The first-order valence-corrected chi connectivity index (χ1v) is 9.62. The zero-order valence-corrected chi connectivity index (χ0v) is 16.5. The molecule has 7 nitrogen and oxygen atoms in total. The van der Waals surface area contributed by atoms with Crippen LogP contribution in [-0.4, -0.2) is 42.5 Å². The van der Waals surface area contributed by atoms with Crippen LogP contribution in [0, 0.1) is 28.1 Å². The van der Waals surface area contributed by atoms with Crippen LogP contribution in [0.5, 0.6) is 0 Å². The van der Waals surface area contributed by atoms with E-state index in [9.17, 15) is 14.9 Å². The number of carbonyl (C=O) groups is 2. The van der Waals surface area contributed by atoms with Gasteiger partial charge in [0.05, 0.1) is 17.6 Å². The molecule has 7 heteroatoms. The van der Waals surface area contributed by atoms with Crippen LogP contribution in [0.25, 0.3) is 0 Å². The fourth-order valence-electron chi connectivity index (χ4n) is 3.22. The van der Waals surface area contributed by atoms with Gasteiger partial charge in [-0.15, -0.1) is 0 Å². The SMILES string of the molecule is CCCC(NC(=O)N1CC=C(C2=CCC(C)(C#N)C=C2)CC1)C(=O)NCC#N. The average molecular weight is 381 g/mol. The number of urea groups is 1. The first kappa shape index (κ1) is 21.2. The van der Waals surface area contributed by atoms with Crippen molar-refractivity contribution < 1.29 is 9.59 Å². The van der Waals surface area contributed by atoms with E-state index >= 15 is 0 Å². The van der Waals surface area contributed by atoms with Gasteiger partial charge in [-0.2, -0.15) is 10.5 Å². The lowest BCUT2D eigenvalue weighted by Gasteiger charge is -2.30. The van der Waals surface area contributed by atoms with Gasteiger partial charge in [-0.3, -0.25) is 4.79 Å². The van der Waals surface area contributed by atoms with E-state index in [1.165, 1.54) is 5.57 Å². The minimum Gasteiger partial charge on any atom is -0.341 e. The molecule has 0 saturated carbocycles. The highest BCUT2D eigenvalue weighted by Crippen LogP contribution is 2.32. The maximum Gasteiger partial charge on any atom is 0.318 e. The molecule has 0 aromatic heterocycles. The Kier molecular flexibility index (Phi) is 7.40. The summed E-state index contributed by atoms with van der Waals surface area (Å²) < 4.78 is 0. The number of hydrogen-bond acceptors (Lipinski definition) is 4. The minimum atomic E-state index is -0.635. The first-order valence-electron chi connectivity index (χ1n) is 9.62. The molecule has 1 heterocycles. The molecule has 2 unspecified atom stereocenters. The van der Waals surface area contributed by atoms with Gasteiger partial charge in [0, 0.05) is 13.1 Å². The highest BCUT2D eigenvalue weighted by Gasteiger charge is 2.26. The smallest absolute Gasteiger partial charge is 0.318 e. The van der Waals surface area contributed by atoms with Crippen molar-refractivity contribution in [2.45, 2.75) is 45.6 Å². The lowest BCUT2D eigenvalue weighted by atomic mass is 9.81. The van der Waals surface area contributed by atoms with Crippen LogP contribution in [-0.2, 0) is 4.79 Å². The number of nitrogens with zero attached hydrogens (tertiary/aromatic N) is 3. The Morgan fingerprint density at radius 3 is 2.68 bits per heavy atom. The highest BCUT2D eigenvalue weighted by atomic mass is 16.2. The van der Waals surface area contributed by atoms with E-state index in [1.54, 1.807) is 4.90 Å². The van der Waals surface area contributed by atoms with Gasteiger partial charge in [-0.05, 0) is 37.3 Å². The molecule has 0 fully saturated rings. The molecule has 2 rings (SSSR count). The Bertz CT molecular complexity index is 784. The van der Waals surface area contributed by atoms with Crippen molar-refractivity contribution in [1.82, 2.24) is 15.5 Å². The minimum absolute atomic E-state index is 0.0712. The summed E-state index contributed by atoms with van der Waals surface area (Å²) in [5.74, 6) is -0.331. The molecule has 0 radical (unpaired) electrons. The van der Waals surface area contributed by atoms with Crippen LogP contribution >= 0.6 is 0 Å². The zero-order valence-electron chi connectivity index (χ0n) is 16.5. The van der Waals surface area contributed by atoms with E-state index in [0.717, 1.165) is 18.4 Å². The second-order valence-electron chi connectivity index (χ2n) is 7.32. The van der Waals surface area contributed by atoms with E-state index < -0.39 is 11.5 Å². The normalized spacial score (nSPS) is 22.2. The molecule has 2 atom stereocenters. The third-order valence-corrected chi connectivity index (χ3v) is 5.03. The molecule has 0 spiro atoms. The monoisotopic (exact) mass is 381 g/mol. The van der Waals surface area contributed by atoms with Crippen LogP contribution in [0.3, 0.4) is 0 Å². The van der Waals surface area contributed by atoms with Gasteiger partial charge in [0.25, 0.3) is 0 Å². The molecule has 1 aliphatic heterocycles. The van der Waals surface area contributed by atoms with Crippen molar-refractivity contribution in [3.05, 3.63) is 35.5 Å². The van der Waals surface area contributed by atoms with Crippen LogP contribution in [0.4, 0.5) is 4.79 Å². The van der Waals surface area contributed by atoms with Gasteiger partial charge < -0.3 is 15.5 Å². The summed E-state index contributed by atoms with van der Waals surface area (Å²) in [6.07, 6.45) is 10.7. The lowest BCUT2D eigenvalue weighted by molar-refractivity contribution is -0.122. The Morgan fingerprint density at radius 1 is 1.36 bits per heavy atom. The summed E-state index contributed by atoms with van der Waals surface area (Å²) >= 11 is 0. The number of nitriles is 2. The quantitative estimate of drug-likeness (QED) is 0.689. The highest BCUT2D eigenvalue weighted by molar-refractivity contribution is 5.87. The van der Waals surface area contributed by atoms with Gasteiger partial charge in [-0.1, -0.05) is 37.6 Å². The van der Waals surface area contributed by atoms with E-state index in [1.807, 2.05) is 38.1 Å². The number of allylic oxidation sites excluding steroid dienone is 4. The number of rotatable bonds is 6. The summed E-state index contributed by atoms with van der Waals surface area (Å²) in [6.45, 7) is 4.82. The molecule has 0 aromatic carbocycles. The molecule has 2 N–H and O–H groups in total. The van der Waals surface area contributed by atoms with Crippen LogP contribution < -0.4 is 10.6 Å². The van der Waals surface area contributed by atoms with Crippen LogP contribution in [0.1, 0.15) is 39.5 Å². The summed E-state index contributed by atoms with van der Waals surface area (Å²) in [7, 11) is 0. The molecule has 2 aliphatic rings. The van der Waals surface area contributed by atoms with E-state index in [2.05, 4.69) is 22.8 Å².